The molecule has 0 aromatic heterocycles. The highest BCUT2D eigenvalue weighted by Crippen LogP contribution is 2.64. The van der Waals surface area contributed by atoms with Crippen LogP contribution >= 0.6 is 0 Å². The van der Waals surface area contributed by atoms with E-state index in [-0.39, 0.29) is 23.0 Å². The lowest BCUT2D eigenvalue weighted by Crippen LogP contribution is -2.35. The zero-order chi connectivity index (χ0) is 23.4. The van der Waals surface area contributed by atoms with Gasteiger partial charge in [-0.05, 0) is 68.6 Å². The number of esters is 2. The molecular formula is C28H34O5. The number of allylic oxidation sites excluding steroid dienone is 2. The van der Waals surface area contributed by atoms with E-state index >= 15 is 0 Å². The number of hydrogen-bond donors (Lipinski definition) is 0. The van der Waals surface area contributed by atoms with Crippen molar-refractivity contribution in [1.29, 1.82) is 0 Å². The van der Waals surface area contributed by atoms with E-state index in [1.54, 1.807) is 12.1 Å². The van der Waals surface area contributed by atoms with Gasteiger partial charge in [-0.15, -0.1) is 0 Å². The summed E-state index contributed by atoms with van der Waals surface area (Å²) in [5.41, 5.74) is 1.68. The summed E-state index contributed by atoms with van der Waals surface area (Å²) < 4.78 is 17.6. The molecule has 0 radical (unpaired) electrons. The van der Waals surface area contributed by atoms with E-state index in [4.69, 9.17) is 14.2 Å². The summed E-state index contributed by atoms with van der Waals surface area (Å²) >= 11 is 0. The smallest absolute Gasteiger partial charge is 0.338 e. The highest BCUT2D eigenvalue weighted by molar-refractivity contribution is 5.92. The maximum absolute atomic E-state index is 12.9. The van der Waals surface area contributed by atoms with E-state index in [2.05, 4.69) is 32.9 Å². The van der Waals surface area contributed by atoms with Gasteiger partial charge in [0.2, 0.25) is 0 Å². The van der Waals surface area contributed by atoms with Gasteiger partial charge in [-0.1, -0.05) is 44.2 Å². The van der Waals surface area contributed by atoms with Crippen molar-refractivity contribution in [1.82, 2.24) is 0 Å². The molecular weight excluding hydrogens is 416 g/mol. The number of rotatable bonds is 6. The molecule has 4 bridgehead atoms. The van der Waals surface area contributed by atoms with Crippen LogP contribution in [0.1, 0.15) is 70.2 Å². The molecule has 2 heterocycles. The van der Waals surface area contributed by atoms with Crippen LogP contribution in [0.25, 0.3) is 0 Å². The monoisotopic (exact) mass is 450 g/mol. The van der Waals surface area contributed by atoms with Gasteiger partial charge in [0.1, 0.15) is 6.10 Å². The van der Waals surface area contributed by atoms with Crippen LogP contribution in [0, 0.1) is 16.7 Å². The van der Waals surface area contributed by atoms with Crippen LogP contribution in [0.2, 0.25) is 0 Å². The van der Waals surface area contributed by atoms with Gasteiger partial charge in [0.15, 0.2) is 0 Å². The third kappa shape index (κ3) is 3.74. The first-order valence-electron chi connectivity index (χ1n) is 12.2. The number of hydrogen-bond acceptors (Lipinski definition) is 5. The third-order valence-electron chi connectivity index (χ3n) is 8.44. The fraction of sp³-hybridized carbons (Fsp3) is 0.571. The Labute approximate surface area is 196 Å². The first-order valence-corrected chi connectivity index (χ1v) is 12.2. The summed E-state index contributed by atoms with van der Waals surface area (Å²) in [6.07, 6.45) is 9.15. The Morgan fingerprint density at radius 3 is 2.55 bits per heavy atom. The number of benzene rings is 1. The van der Waals surface area contributed by atoms with Crippen molar-refractivity contribution in [2.24, 2.45) is 16.7 Å². The van der Waals surface area contributed by atoms with Crippen molar-refractivity contribution < 1.29 is 23.8 Å². The van der Waals surface area contributed by atoms with Gasteiger partial charge >= 0.3 is 11.9 Å². The maximum Gasteiger partial charge on any atom is 0.338 e. The molecule has 5 aliphatic rings. The van der Waals surface area contributed by atoms with Crippen LogP contribution in [0.3, 0.4) is 0 Å². The molecule has 2 saturated carbocycles. The summed E-state index contributed by atoms with van der Waals surface area (Å²) in [6.45, 7) is 8.50. The number of ether oxygens (including phenoxy) is 3. The fourth-order valence-corrected chi connectivity index (χ4v) is 6.83. The lowest BCUT2D eigenvalue weighted by atomic mass is 9.73. The minimum absolute atomic E-state index is 0.00937. The van der Waals surface area contributed by atoms with Crippen LogP contribution in [0.15, 0.2) is 53.6 Å². The van der Waals surface area contributed by atoms with Crippen LogP contribution in [-0.4, -0.2) is 36.4 Å². The lowest BCUT2D eigenvalue weighted by Gasteiger charge is -2.38. The van der Waals surface area contributed by atoms with Gasteiger partial charge in [-0.25, -0.2) is 9.59 Å². The summed E-state index contributed by atoms with van der Waals surface area (Å²) in [4.78, 5) is 25.7. The largest absolute Gasteiger partial charge is 0.463 e. The highest BCUT2D eigenvalue weighted by Gasteiger charge is 2.62. The van der Waals surface area contributed by atoms with Crippen molar-refractivity contribution in [3.8, 4) is 0 Å². The number of carbonyl (C=O) groups excluding carboxylic acids is 2. The van der Waals surface area contributed by atoms with Gasteiger partial charge in [0.25, 0.3) is 0 Å². The molecule has 4 fully saturated rings. The van der Waals surface area contributed by atoms with Gasteiger partial charge in [-0.2, -0.15) is 0 Å². The summed E-state index contributed by atoms with van der Waals surface area (Å²) in [5, 5.41) is 0. The highest BCUT2D eigenvalue weighted by atomic mass is 16.5. The molecule has 33 heavy (non-hydrogen) atoms. The Balaban J connectivity index is 1.42. The van der Waals surface area contributed by atoms with E-state index in [1.165, 1.54) is 6.42 Å². The second-order valence-corrected chi connectivity index (χ2v) is 11.1. The van der Waals surface area contributed by atoms with E-state index in [0.717, 1.165) is 24.8 Å². The van der Waals surface area contributed by atoms with Crippen molar-refractivity contribution in [3.63, 3.8) is 0 Å². The molecule has 2 saturated heterocycles. The first kappa shape index (κ1) is 22.4. The summed E-state index contributed by atoms with van der Waals surface area (Å²) in [5.74, 6) is -0.0561. The predicted octanol–water partition coefficient (Wildman–Crippen LogP) is 5.41. The molecule has 5 atom stereocenters. The zero-order valence-corrected chi connectivity index (χ0v) is 20.1. The van der Waals surface area contributed by atoms with Gasteiger partial charge < -0.3 is 14.2 Å². The van der Waals surface area contributed by atoms with E-state index in [1.807, 2.05) is 25.1 Å². The molecule has 1 unspecified atom stereocenters. The first-order chi connectivity index (χ1) is 15.7. The topological polar surface area (TPSA) is 61.8 Å². The average Bonchev–Trinajstić information content (AvgIpc) is 3.23. The van der Waals surface area contributed by atoms with Crippen molar-refractivity contribution in [3.05, 3.63) is 59.2 Å². The second kappa shape index (κ2) is 7.83. The average molecular weight is 451 g/mol. The molecule has 0 spiro atoms. The van der Waals surface area contributed by atoms with Gasteiger partial charge in [0.05, 0.1) is 23.9 Å². The maximum atomic E-state index is 12.9. The standard InChI is InChI=1S/C28H34O5/c1-5-31-25(30)21-14-23(32-24(29)18-9-7-6-8-10-18)26(2,3)22(21)11-12-28-15-19-13-20(16-28)33-27(19,4)17-28/h6-12,19-20,23H,5,13-17H2,1-4H3/b12-11-/t19-,20+,23?,27+,28-/m1/s1. The molecule has 0 N–H and O–H groups in total. The van der Waals surface area contributed by atoms with Gasteiger partial charge in [-0.3, -0.25) is 0 Å². The van der Waals surface area contributed by atoms with E-state index < -0.39 is 11.5 Å². The molecule has 5 heteroatoms. The van der Waals surface area contributed by atoms with Crippen LogP contribution in [0.5, 0.6) is 0 Å². The molecule has 2 aliphatic heterocycles. The molecule has 1 aromatic rings. The van der Waals surface area contributed by atoms with Crippen molar-refractivity contribution in [2.45, 2.75) is 77.6 Å². The van der Waals surface area contributed by atoms with E-state index in [9.17, 15) is 9.59 Å². The third-order valence-corrected chi connectivity index (χ3v) is 8.44. The molecule has 1 aromatic carbocycles. The van der Waals surface area contributed by atoms with Gasteiger partial charge in [0, 0.05) is 17.4 Å². The minimum Gasteiger partial charge on any atom is -0.463 e. The van der Waals surface area contributed by atoms with Crippen molar-refractivity contribution in [2.75, 3.05) is 6.61 Å². The van der Waals surface area contributed by atoms with Crippen LogP contribution < -0.4 is 0 Å². The SMILES string of the molecule is CCOC(=O)C1=C(/C=C\[C@]23C[C@@H]4C[C@H](C2)[C@](C)(C3)O4)C(C)(C)C(OC(=O)c2ccccc2)C1. The van der Waals surface area contributed by atoms with Crippen molar-refractivity contribution >= 4 is 11.9 Å². The Kier molecular flexibility index (Phi) is 5.32. The Bertz CT molecular complexity index is 1020. The minimum atomic E-state index is -0.504. The molecule has 6 rings (SSSR count). The Morgan fingerprint density at radius 2 is 1.88 bits per heavy atom. The Hall–Kier alpha value is -2.40. The van der Waals surface area contributed by atoms with E-state index in [0.29, 0.717) is 36.2 Å². The molecule has 5 nitrogen and oxygen atoms in total. The fourth-order valence-electron chi connectivity index (χ4n) is 6.83. The Morgan fingerprint density at radius 1 is 1.12 bits per heavy atom. The molecule has 0 amide bonds. The quantitative estimate of drug-likeness (QED) is 0.543. The normalized spacial score (nSPS) is 36.1. The van der Waals surface area contributed by atoms with Crippen LogP contribution in [0.4, 0.5) is 0 Å². The van der Waals surface area contributed by atoms with Crippen LogP contribution in [-0.2, 0) is 19.0 Å². The molecule has 176 valence electrons. The predicted molar refractivity (Wildman–Crippen MR) is 125 cm³/mol. The number of carbonyl (C=O) groups is 2. The molecule has 3 aliphatic carbocycles. The summed E-state index contributed by atoms with van der Waals surface area (Å²) in [6, 6.07) is 9.00. The summed E-state index contributed by atoms with van der Waals surface area (Å²) in [7, 11) is 0. The second-order valence-electron chi connectivity index (χ2n) is 11.1. The zero-order valence-electron chi connectivity index (χ0n) is 20.1. The lowest BCUT2D eigenvalue weighted by molar-refractivity contribution is -0.138.